The zero-order chi connectivity index (χ0) is 10.3. The van der Waals surface area contributed by atoms with Crippen LogP contribution in [0.5, 0.6) is 0 Å². The number of carbonyl (C=O) groups excluding carboxylic acids is 2. The van der Waals surface area contributed by atoms with E-state index in [2.05, 4.69) is 0 Å². The maximum atomic E-state index is 9.79. The molecule has 0 aromatic heterocycles. The highest BCUT2D eigenvalue weighted by atomic mass is 16.2. The van der Waals surface area contributed by atoms with Gasteiger partial charge in [0.05, 0.1) is 0 Å². The molecule has 1 rings (SSSR count). The Bertz CT molecular complexity index is 268. The largest absolute Gasteiger partial charge is 0.399 e. The second-order valence-corrected chi connectivity index (χ2v) is 2.52. The van der Waals surface area contributed by atoms with Crippen molar-refractivity contribution in [1.82, 2.24) is 0 Å². The fourth-order valence-electron chi connectivity index (χ4n) is 0.453. The third-order valence-electron chi connectivity index (χ3n) is 1.30. The summed E-state index contributed by atoms with van der Waals surface area (Å²) in [6.07, 6.45) is 0. The van der Waals surface area contributed by atoms with Crippen LogP contribution in [-0.4, -0.2) is 11.6 Å². The van der Waals surface area contributed by atoms with Gasteiger partial charge in [0.15, 0.2) is 11.6 Å². The molecule has 0 aliphatic heterocycles. The molecule has 1 aromatic carbocycles. The number of nitrogens with two attached hydrogens (primary N) is 1. The van der Waals surface area contributed by atoms with E-state index in [1.54, 1.807) is 0 Å². The predicted molar refractivity (Wildman–Crippen MR) is 52.2 cm³/mol. The maximum Gasteiger partial charge on any atom is 0.195 e. The van der Waals surface area contributed by atoms with Gasteiger partial charge in [-0.2, -0.15) is 0 Å². The number of Topliss-reactive ketones (excluding diaryl/α,β-unsaturated/α-hetero) is 2. The summed E-state index contributed by atoms with van der Waals surface area (Å²) >= 11 is 0. The molecule has 2 N–H and O–H groups in total. The van der Waals surface area contributed by atoms with Crippen molar-refractivity contribution in [2.45, 2.75) is 13.8 Å². The van der Waals surface area contributed by atoms with Crippen LogP contribution in [0.1, 0.15) is 13.8 Å². The summed E-state index contributed by atoms with van der Waals surface area (Å²) in [5.41, 5.74) is 6.18. The van der Waals surface area contributed by atoms with Crippen LogP contribution in [0.25, 0.3) is 0 Å². The molecule has 0 amide bonds. The average Bonchev–Trinajstić information content (AvgIpc) is 2.06. The monoisotopic (exact) mass is 179 g/mol. The van der Waals surface area contributed by atoms with Crippen LogP contribution in [0, 0.1) is 0 Å². The van der Waals surface area contributed by atoms with Gasteiger partial charge in [-0.15, -0.1) is 0 Å². The highest BCUT2D eigenvalue weighted by Gasteiger charge is 1.94. The first-order valence-electron chi connectivity index (χ1n) is 3.86. The molecular weight excluding hydrogens is 166 g/mol. The zero-order valence-electron chi connectivity index (χ0n) is 7.78. The van der Waals surface area contributed by atoms with Crippen molar-refractivity contribution in [2.24, 2.45) is 0 Å². The Labute approximate surface area is 77.6 Å². The third kappa shape index (κ3) is 6.75. The Balaban J connectivity index is 0.000000226. The van der Waals surface area contributed by atoms with Crippen molar-refractivity contribution >= 4 is 17.3 Å². The first-order valence-corrected chi connectivity index (χ1v) is 3.86. The molecule has 0 atom stereocenters. The minimum atomic E-state index is -0.380. The molecule has 3 heteroatoms. The molecule has 0 saturated heterocycles. The molecule has 1 aromatic rings. The zero-order valence-corrected chi connectivity index (χ0v) is 7.78. The average molecular weight is 179 g/mol. The van der Waals surface area contributed by atoms with Crippen LogP contribution in [0.4, 0.5) is 5.69 Å². The predicted octanol–water partition coefficient (Wildman–Crippen LogP) is 1.43. The third-order valence-corrected chi connectivity index (χ3v) is 1.30. The Morgan fingerprint density at radius 1 is 1.00 bits per heavy atom. The van der Waals surface area contributed by atoms with E-state index in [-0.39, 0.29) is 11.6 Å². The molecule has 0 bridgehead atoms. The normalized spacial score (nSPS) is 8.15. The summed E-state index contributed by atoms with van der Waals surface area (Å²) in [6, 6.07) is 9.49. The lowest BCUT2D eigenvalue weighted by Crippen LogP contribution is -2.01. The van der Waals surface area contributed by atoms with E-state index in [9.17, 15) is 9.59 Å². The van der Waals surface area contributed by atoms with E-state index in [1.165, 1.54) is 13.8 Å². The number of hydrogen-bond donors (Lipinski definition) is 1. The quantitative estimate of drug-likeness (QED) is 0.524. The molecule has 0 saturated carbocycles. The standard InChI is InChI=1S/C6H7N.C4H6O2/c7-6-4-2-1-3-5-6;1-3(5)4(2)6/h1-5H,7H2;1-2H3. The van der Waals surface area contributed by atoms with Gasteiger partial charge in [-0.05, 0) is 12.1 Å². The van der Waals surface area contributed by atoms with Gasteiger partial charge in [0, 0.05) is 19.5 Å². The summed E-state index contributed by atoms with van der Waals surface area (Å²) in [6.45, 7) is 2.50. The number of anilines is 1. The summed E-state index contributed by atoms with van der Waals surface area (Å²) in [5.74, 6) is -0.759. The van der Waals surface area contributed by atoms with Gasteiger partial charge in [0.25, 0.3) is 0 Å². The van der Waals surface area contributed by atoms with E-state index in [4.69, 9.17) is 5.73 Å². The molecular formula is C10H13NO2. The van der Waals surface area contributed by atoms with Gasteiger partial charge in [-0.25, -0.2) is 0 Å². The fourth-order valence-corrected chi connectivity index (χ4v) is 0.453. The number of nitrogen functional groups attached to an aromatic ring is 1. The first-order chi connectivity index (χ1) is 6.04. The summed E-state index contributed by atoms with van der Waals surface area (Å²) in [5, 5.41) is 0. The van der Waals surface area contributed by atoms with E-state index in [0.717, 1.165) is 5.69 Å². The molecule has 0 heterocycles. The lowest BCUT2D eigenvalue weighted by atomic mass is 10.3. The summed E-state index contributed by atoms with van der Waals surface area (Å²) in [7, 11) is 0. The van der Waals surface area contributed by atoms with Crippen molar-refractivity contribution in [3.63, 3.8) is 0 Å². The van der Waals surface area contributed by atoms with Gasteiger partial charge in [0.1, 0.15) is 0 Å². The van der Waals surface area contributed by atoms with Gasteiger partial charge >= 0.3 is 0 Å². The fraction of sp³-hybridized carbons (Fsp3) is 0.200. The van der Waals surface area contributed by atoms with Crippen LogP contribution in [-0.2, 0) is 9.59 Å². The lowest BCUT2D eigenvalue weighted by Gasteiger charge is -1.83. The molecule has 0 unspecified atom stereocenters. The van der Waals surface area contributed by atoms with Crippen LogP contribution >= 0.6 is 0 Å². The highest BCUT2D eigenvalue weighted by Crippen LogP contribution is 1.95. The maximum absolute atomic E-state index is 9.79. The van der Waals surface area contributed by atoms with E-state index in [0.29, 0.717) is 0 Å². The van der Waals surface area contributed by atoms with Gasteiger partial charge in [0.2, 0.25) is 0 Å². The summed E-state index contributed by atoms with van der Waals surface area (Å²) < 4.78 is 0. The van der Waals surface area contributed by atoms with E-state index >= 15 is 0 Å². The Morgan fingerprint density at radius 2 is 1.38 bits per heavy atom. The first kappa shape index (κ1) is 11.4. The molecule has 0 radical (unpaired) electrons. The Kier molecular flexibility index (Phi) is 5.19. The second kappa shape index (κ2) is 5.94. The van der Waals surface area contributed by atoms with Crippen LogP contribution in [0.15, 0.2) is 30.3 Å². The van der Waals surface area contributed by atoms with Crippen LogP contribution < -0.4 is 5.73 Å². The minimum Gasteiger partial charge on any atom is -0.399 e. The van der Waals surface area contributed by atoms with Crippen molar-refractivity contribution in [2.75, 3.05) is 5.73 Å². The molecule has 70 valence electrons. The Morgan fingerprint density at radius 3 is 1.54 bits per heavy atom. The molecule has 0 spiro atoms. The van der Waals surface area contributed by atoms with E-state index in [1.807, 2.05) is 30.3 Å². The van der Waals surface area contributed by atoms with Crippen molar-refractivity contribution in [3.8, 4) is 0 Å². The molecule has 3 nitrogen and oxygen atoms in total. The van der Waals surface area contributed by atoms with Crippen LogP contribution in [0.3, 0.4) is 0 Å². The molecule has 0 aliphatic carbocycles. The van der Waals surface area contributed by atoms with Gasteiger partial charge in [-0.1, -0.05) is 18.2 Å². The number of rotatable bonds is 1. The number of ketones is 2. The topological polar surface area (TPSA) is 60.2 Å². The second-order valence-electron chi connectivity index (χ2n) is 2.52. The van der Waals surface area contributed by atoms with Gasteiger partial charge < -0.3 is 5.73 Å². The van der Waals surface area contributed by atoms with Crippen molar-refractivity contribution < 1.29 is 9.59 Å². The van der Waals surface area contributed by atoms with Crippen molar-refractivity contribution in [3.05, 3.63) is 30.3 Å². The molecule has 0 aliphatic rings. The molecule has 13 heavy (non-hydrogen) atoms. The SMILES string of the molecule is CC(=O)C(C)=O.Nc1ccccc1. The lowest BCUT2D eigenvalue weighted by molar-refractivity contribution is -0.134. The summed E-state index contributed by atoms with van der Waals surface area (Å²) in [4.78, 5) is 19.6. The number of benzene rings is 1. The molecule has 0 fully saturated rings. The smallest absolute Gasteiger partial charge is 0.195 e. The minimum absolute atomic E-state index is 0.380. The number of hydrogen-bond acceptors (Lipinski definition) is 3. The number of carbonyl (C=O) groups is 2. The highest BCUT2D eigenvalue weighted by molar-refractivity contribution is 6.35. The van der Waals surface area contributed by atoms with Gasteiger partial charge in [-0.3, -0.25) is 9.59 Å². The van der Waals surface area contributed by atoms with E-state index < -0.39 is 0 Å². The van der Waals surface area contributed by atoms with Crippen molar-refractivity contribution in [1.29, 1.82) is 0 Å². The van der Waals surface area contributed by atoms with Crippen LogP contribution in [0.2, 0.25) is 0 Å². The Hall–Kier alpha value is -1.64. The number of para-hydroxylation sites is 1.